The van der Waals surface area contributed by atoms with Gasteiger partial charge < -0.3 is 19.1 Å². The number of benzene rings is 2. The molecule has 46 heavy (non-hydrogen) atoms. The molecule has 3 amide bonds. The van der Waals surface area contributed by atoms with E-state index in [0.29, 0.717) is 53.1 Å². The van der Waals surface area contributed by atoms with Crippen LogP contribution in [0.4, 0.5) is 23.9 Å². The molecule has 3 aromatic rings. The number of halogens is 4. The summed E-state index contributed by atoms with van der Waals surface area (Å²) in [6.45, 7) is 12.9. The number of ether oxygens (including phenoxy) is 1. The first-order valence-electron chi connectivity index (χ1n) is 15.2. The van der Waals surface area contributed by atoms with Gasteiger partial charge in [-0.2, -0.15) is 13.2 Å². The number of nitrogens with zero attached hydrogens (tertiary/aromatic N) is 4. The maximum Gasteiger partial charge on any atom is 0.471 e. The minimum atomic E-state index is -5.03. The molecule has 13 heteroatoms. The van der Waals surface area contributed by atoms with Crippen LogP contribution in [0.2, 0.25) is 5.02 Å². The van der Waals surface area contributed by atoms with Gasteiger partial charge in [-0.25, -0.2) is 9.78 Å². The van der Waals surface area contributed by atoms with Crippen LogP contribution in [0.3, 0.4) is 0 Å². The second kappa shape index (κ2) is 13.1. The van der Waals surface area contributed by atoms with E-state index in [4.69, 9.17) is 21.3 Å². The number of hydrogen-bond donors (Lipinski definition) is 1. The summed E-state index contributed by atoms with van der Waals surface area (Å²) in [6.07, 6.45) is -4.33. The van der Waals surface area contributed by atoms with Crippen LogP contribution in [0, 0.1) is 5.41 Å². The van der Waals surface area contributed by atoms with Gasteiger partial charge in [0.25, 0.3) is 5.91 Å². The second-order valence-corrected chi connectivity index (χ2v) is 14.2. The van der Waals surface area contributed by atoms with Gasteiger partial charge in [-0.1, -0.05) is 38.4 Å². The highest BCUT2D eigenvalue weighted by Gasteiger charge is 2.45. The third-order valence-corrected chi connectivity index (χ3v) is 8.40. The van der Waals surface area contributed by atoms with Gasteiger partial charge in [0.05, 0.1) is 11.0 Å². The number of alkyl halides is 3. The monoisotopic (exact) mass is 663 g/mol. The van der Waals surface area contributed by atoms with Crippen molar-refractivity contribution < 1.29 is 32.3 Å². The van der Waals surface area contributed by atoms with Crippen molar-refractivity contribution in [1.82, 2.24) is 19.4 Å². The van der Waals surface area contributed by atoms with E-state index in [1.807, 2.05) is 4.57 Å². The third kappa shape index (κ3) is 8.31. The van der Waals surface area contributed by atoms with Crippen molar-refractivity contribution >= 4 is 46.5 Å². The van der Waals surface area contributed by atoms with Gasteiger partial charge in [-0.15, -0.1) is 0 Å². The zero-order chi connectivity index (χ0) is 34.2. The first-order valence-corrected chi connectivity index (χ1v) is 15.6. The van der Waals surface area contributed by atoms with Gasteiger partial charge in [-0.05, 0) is 87.9 Å². The normalized spacial score (nSPS) is 15.5. The van der Waals surface area contributed by atoms with Crippen LogP contribution >= 0.6 is 11.6 Å². The summed E-state index contributed by atoms with van der Waals surface area (Å²) in [4.78, 5) is 45.6. The molecule has 0 radical (unpaired) electrons. The summed E-state index contributed by atoms with van der Waals surface area (Å²) in [5, 5.41) is 3.36. The Labute approximate surface area is 272 Å². The fourth-order valence-corrected chi connectivity index (χ4v) is 5.45. The molecular formula is C33H41ClF3N5O4. The Morgan fingerprint density at radius 2 is 1.63 bits per heavy atom. The van der Waals surface area contributed by atoms with Crippen molar-refractivity contribution in [2.24, 2.45) is 5.41 Å². The Balaban J connectivity index is 1.69. The molecule has 0 spiro atoms. The summed E-state index contributed by atoms with van der Waals surface area (Å²) < 4.78 is 48.3. The summed E-state index contributed by atoms with van der Waals surface area (Å²) in [5.74, 6) is -2.07. The van der Waals surface area contributed by atoms with Crippen molar-refractivity contribution in [1.29, 1.82) is 0 Å². The molecule has 1 aliphatic heterocycles. The van der Waals surface area contributed by atoms with Gasteiger partial charge in [-0.3, -0.25) is 14.9 Å². The van der Waals surface area contributed by atoms with Crippen LogP contribution in [0.25, 0.3) is 11.0 Å². The molecule has 1 saturated heterocycles. The van der Waals surface area contributed by atoms with Crippen molar-refractivity contribution in [2.75, 3.05) is 18.4 Å². The van der Waals surface area contributed by atoms with E-state index in [1.54, 1.807) is 95.8 Å². The van der Waals surface area contributed by atoms with E-state index in [2.05, 4.69) is 5.32 Å². The predicted octanol–water partition coefficient (Wildman–Crippen LogP) is 7.84. The number of amides is 3. The molecule has 1 fully saturated rings. The molecule has 0 bridgehead atoms. The minimum absolute atomic E-state index is 0.153. The number of piperidine rings is 1. The molecule has 1 aromatic heterocycles. The first-order chi connectivity index (χ1) is 21.2. The van der Waals surface area contributed by atoms with Crippen LogP contribution in [-0.2, 0) is 16.1 Å². The Hall–Kier alpha value is -3.80. The lowest BCUT2D eigenvalue weighted by molar-refractivity contribution is -0.190. The number of rotatable bonds is 6. The van der Waals surface area contributed by atoms with Gasteiger partial charge in [0.2, 0.25) is 5.95 Å². The van der Waals surface area contributed by atoms with Crippen LogP contribution < -0.4 is 5.32 Å². The lowest BCUT2D eigenvalue weighted by atomic mass is 9.86. The largest absolute Gasteiger partial charge is 0.471 e. The molecule has 1 atom stereocenters. The maximum absolute atomic E-state index is 13.6. The van der Waals surface area contributed by atoms with E-state index in [-0.39, 0.29) is 18.5 Å². The molecule has 1 unspecified atom stereocenters. The molecule has 9 nitrogen and oxygen atoms in total. The SMILES string of the molecule is CC(N(Cc1ccc2c(c1)nc(NC(=O)c1ccc(Cl)cc1)n2C1CCN(C(=O)OC(C)(C)C)CC1)C(=O)C(F)(F)F)C(C)(C)C. The molecule has 4 rings (SSSR count). The minimum Gasteiger partial charge on any atom is -0.444 e. The number of carbonyl (C=O) groups is 3. The van der Waals surface area contributed by atoms with Crippen LogP contribution in [0.15, 0.2) is 42.5 Å². The average Bonchev–Trinajstić information content (AvgIpc) is 3.30. The van der Waals surface area contributed by atoms with Gasteiger partial charge in [0.15, 0.2) is 0 Å². The second-order valence-electron chi connectivity index (χ2n) is 13.8. The maximum atomic E-state index is 13.6. The van der Waals surface area contributed by atoms with Crippen molar-refractivity contribution in [3.63, 3.8) is 0 Å². The van der Waals surface area contributed by atoms with Gasteiger partial charge >= 0.3 is 18.2 Å². The van der Waals surface area contributed by atoms with Crippen LogP contribution in [0.5, 0.6) is 0 Å². The molecular weight excluding hydrogens is 623 g/mol. The molecule has 0 aliphatic carbocycles. The van der Waals surface area contributed by atoms with E-state index in [0.717, 1.165) is 4.90 Å². The van der Waals surface area contributed by atoms with E-state index in [9.17, 15) is 27.6 Å². The van der Waals surface area contributed by atoms with Gasteiger partial charge in [0, 0.05) is 42.3 Å². The number of carbonyl (C=O) groups excluding carboxylic acids is 3. The zero-order valence-electron chi connectivity index (χ0n) is 27.2. The van der Waals surface area contributed by atoms with Crippen molar-refractivity contribution in [3.05, 3.63) is 58.6 Å². The molecule has 1 aliphatic rings. The smallest absolute Gasteiger partial charge is 0.444 e. The highest BCUT2D eigenvalue weighted by molar-refractivity contribution is 6.30. The van der Waals surface area contributed by atoms with E-state index in [1.165, 1.54) is 0 Å². The number of fused-ring (bicyclic) bond motifs is 1. The Morgan fingerprint density at radius 3 is 2.17 bits per heavy atom. The fraction of sp³-hybridized carbons (Fsp3) is 0.515. The average molecular weight is 664 g/mol. The summed E-state index contributed by atoms with van der Waals surface area (Å²) in [5.41, 5.74) is 0.683. The molecule has 1 N–H and O–H groups in total. The fourth-order valence-electron chi connectivity index (χ4n) is 5.32. The molecule has 2 aromatic carbocycles. The quantitative estimate of drug-likeness (QED) is 0.290. The number of anilines is 1. The lowest BCUT2D eigenvalue weighted by Gasteiger charge is -2.38. The first kappa shape index (κ1) is 35.1. The van der Waals surface area contributed by atoms with Gasteiger partial charge in [0.1, 0.15) is 5.60 Å². The summed E-state index contributed by atoms with van der Waals surface area (Å²) in [7, 11) is 0. The number of aromatic nitrogens is 2. The Bertz CT molecular complexity index is 1580. The lowest BCUT2D eigenvalue weighted by Crippen LogP contribution is -2.50. The molecule has 2 heterocycles. The highest BCUT2D eigenvalue weighted by Crippen LogP contribution is 2.34. The highest BCUT2D eigenvalue weighted by atomic mass is 35.5. The number of nitrogens with one attached hydrogen (secondary N) is 1. The van der Waals surface area contributed by atoms with E-state index >= 15 is 0 Å². The molecule has 250 valence electrons. The standard InChI is InChI=1S/C33H41ClF3N5O4/c1-20(31(2,3)4)41(28(44)33(35,36)37)19-21-8-13-26-25(18-21)38-29(39-27(43)22-9-11-23(34)12-10-22)42(26)24-14-16-40(17-15-24)30(45)46-32(5,6)7/h8-13,18,20,24H,14-17,19H2,1-7H3,(H,38,39,43). The Morgan fingerprint density at radius 1 is 1.02 bits per heavy atom. The number of hydrogen-bond acceptors (Lipinski definition) is 5. The third-order valence-electron chi connectivity index (χ3n) is 8.14. The zero-order valence-corrected chi connectivity index (χ0v) is 27.9. The predicted molar refractivity (Wildman–Crippen MR) is 171 cm³/mol. The van der Waals surface area contributed by atoms with Crippen molar-refractivity contribution in [2.45, 2.75) is 91.7 Å². The number of likely N-dealkylation sites (tertiary alicyclic amines) is 1. The molecule has 0 saturated carbocycles. The van der Waals surface area contributed by atoms with Crippen molar-refractivity contribution in [3.8, 4) is 0 Å². The summed E-state index contributed by atoms with van der Waals surface area (Å²) in [6, 6.07) is 10.6. The summed E-state index contributed by atoms with van der Waals surface area (Å²) >= 11 is 5.99. The van der Waals surface area contributed by atoms with Crippen LogP contribution in [0.1, 0.15) is 83.3 Å². The Kier molecular flexibility index (Phi) is 10.0. The van der Waals surface area contributed by atoms with Crippen LogP contribution in [-0.4, -0.2) is 68.2 Å². The topological polar surface area (TPSA) is 96.8 Å². The van der Waals surface area contributed by atoms with E-state index < -0.39 is 41.1 Å². The number of imidazole rings is 1.